The zero-order valence-electron chi connectivity index (χ0n) is 15.4. The van der Waals surface area contributed by atoms with Crippen molar-refractivity contribution in [2.24, 2.45) is 0 Å². The number of phenolic OH excluding ortho intramolecular Hbond substituents is 1. The first-order valence-electron chi connectivity index (χ1n) is 9.24. The smallest absolute Gasteiger partial charge is 0.132 e. The Morgan fingerprint density at radius 3 is 2.62 bits per heavy atom. The summed E-state index contributed by atoms with van der Waals surface area (Å²) in [6.45, 7) is 8.26. The number of benzene rings is 1. The number of unbranched alkanes of at least 4 members (excludes halogenated alkanes) is 2. The van der Waals surface area contributed by atoms with Crippen LogP contribution in [0.25, 0.3) is 5.57 Å². The van der Waals surface area contributed by atoms with Crippen molar-refractivity contribution in [3.63, 3.8) is 0 Å². The monoisotopic (exact) mass is 330 g/mol. The Morgan fingerprint density at radius 1 is 1.17 bits per heavy atom. The number of aromatic hydroxyl groups is 1. The van der Waals surface area contributed by atoms with Crippen molar-refractivity contribution in [3.8, 4) is 11.5 Å². The van der Waals surface area contributed by atoms with Crippen molar-refractivity contribution in [1.29, 1.82) is 0 Å². The molecule has 1 atom stereocenters. The third kappa shape index (κ3) is 3.19. The molecule has 3 rings (SSSR count). The zero-order chi connectivity index (χ0) is 17.5. The molecule has 3 heteroatoms. The van der Waals surface area contributed by atoms with Crippen molar-refractivity contribution < 1.29 is 14.9 Å². The van der Waals surface area contributed by atoms with Gasteiger partial charge in [-0.3, -0.25) is 0 Å². The van der Waals surface area contributed by atoms with Crippen LogP contribution in [-0.4, -0.2) is 21.4 Å². The maximum Gasteiger partial charge on any atom is 0.132 e. The lowest BCUT2D eigenvalue weighted by molar-refractivity contribution is 0.0432. The van der Waals surface area contributed by atoms with E-state index in [-0.39, 0.29) is 5.60 Å². The second-order valence-corrected chi connectivity index (χ2v) is 8.19. The summed E-state index contributed by atoms with van der Waals surface area (Å²) in [5, 5.41) is 21.2. The van der Waals surface area contributed by atoms with E-state index in [4.69, 9.17) is 4.74 Å². The van der Waals surface area contributed by atoms with Crippen LogP contribution in [0.3, 0.4) is 0 Å². The molecule has 0 radical (unpaired) electrons. The molecule has 0 unspecified atom stereocenters. The lowest BCUT2D eigenvalue weighted by Crippen LogP contribution is -2.40. The molecule has 2 N–H and O–H groups in total. The average Bonchev–Trinajstić information content (AvgIpc) is 2.44. The van der Waals surface area contributed by atoms with Crippen LogP contribution in [0.4, 0.5) is 0 Å². The topological polar surface area (TPSA) is 49.7 Å². The molecule has 0 spiro atoms. The Kier molecular flexibility index (Phi) is 4.41. The summed E-state index contributed by atoms with van der Waals surface area (Å²) < 4.78 is 6.29. The molecule has 0 amide bonds. The third-order valence-electron chi connectivity index (χ3n) is 5.44. The van der Waals surface area contributed by atoms with Crippen LogP contribution in [-0.2, 0) is 6.42 Å². The van der Waals surface area contributed by atoms with Gasteiger partial charge in [0.2, 0.25) is 0 Å². The fourth-order valence-corrected chi connectivity index (χ4v) is 4.12. The van der Waals surface area contributed by atoms with Crippen LogP contribution in [0, 0.1) is 0 Å². The highest BCUT2D eigenvalue weighted by Crippen LogP contribution is 2.52. The van der Waals surface area contributed by atoms with Crippen LogP contribution in [0.5, 0.6) is 11.5 Å². The van der Waals surface area contributed by atoms with Crippen LogP contribution < -0.4 is 4.74 Å². The molecular weight excluding hydrogens is 300 g/mol. The molecule has 24 heavy (non-hydrogen) atoms. The van der Waals surface area contributed by atoms with Gasteiger partial charge in [-0.05, 0) is 75.3 Å². The first-order chi connectivity index (χ1) is 11.2. The van der Waals surface area contributed by atoms with Crippen LogP contribution in [0.15, 0.2) is 17.7 Å². The van der Waals surface area contributed by atoms with Crippen LogP contribution in [0.1, 0.15) is 77.3 Å². The predicted octanol–water partition coefficient (Wildman–Crippen LogP) is 4.98. The summed E-state index contributed by atoms with van der Waals surface area (Å²) in [7, 11) is 0. The predicted molar refractivity (Wildman–Crippen MR) is 97.4 cm³/mol. The van der Waals surface area contributed by atoms with E-state index in [9.17, 15) is 10.2 Å². The lowest BCUT2D eigenvalue weighted by Gasteiger charge is -2.43. The van der Waals surface area contributed by atoms with Gasteiger partial charge in [0.25, 0.3) is 0 Å². The molecule has 2 aliphatic rings. The zero-order valence-corrected chi connectivity index (χ0v) is 15.4. The number of aryl methyl sites for hydroxylation is 1. The fourth-order valence-electron chi connectivity index (χ4n) is 4.12. The molecule has 0 fully saturated rings. The van der Waals surface area contributed by atoms with E-state index in [2.05, 4.69) is 26.8 Å². The van der Waals surface area contributed by atoms with Gasteiger partial charge in [0.05, 0.1) is 11.2 Å². The largest absolute Gasteiger partial charge is 0.507 e. The molecule has 0 bridgehead atoms. The Hall–Kier alpha value is -1.48. The molecule has 0 aromatic heterocycles. The van der Waals surface area contributed by atoms with Crippen molar-refractivity contribution in [2.45, 2.75) is 83.8 Å². The second-order valence-electron chi connectivity index (χ2n) is 8.19. The van der Waals surface area contributed by atoms with Gasteiger partial charge in [0, 0.05) is 6.42 Å². The van der Waals surface area contributed by atoms with Gasteiger partial charge in [-0.15, -0.1) is 0 Å². The van der Waals surface area contributed by atoms with Gasteiger partial charge in [-0.1, -0.05) is 19.8 Å². The van der Waals surface area contributed by atoms with Gasteiger partial charge in [0.15, 0.2) is 0 Å². The number of phenols is 1. The maximum atomic E-state index is 10.7. The van der Waals surface area contributed by atoms with Crippen molar-refractivity contribution in [1.82, 2.24) is 0 Å². The van der Waals surface area contributed by atoms with Crippen LogP contribution >= 0.6 is 0 Å². The molecule has 1 heterocycles. The minimum Gasteiger partial charge on any atom is -0.507 e. The highest BCUT2D eigenvalue weighted by molar-refractivity contribution is 5.81. The Morgan fingerprint density at radius 2 is 1.92 bits per heavy atom. The van der Waals surface area contributed by atoms with E-state index in [1.807, 2.05) is 13.0 Å². The molecule has 0 saturated carbocycles. The highest BCUT2D eigenvalue weighted by Gasteiger charge is 2.42. The Balaban J connectivity index is 2.03. The number of hydrogen-bond acceptors (Lipinski definition) is 3. The quantitative estimate of drug-likeness (QED) is 0.765. The number of fused-ring (bicyclic) bond motifs is 2. The molecule has 1 aromatic carbocycles. The van der Waals surface area contributed by atoms with Crippen molar-refractivity contribution in [3.05, 3.63) is 28.8 Å². The summed E-state index contributed by atoms with van der Waals surface area (Å²) in [5.74, 6) is 1.06. The second kappa shape index (κ2) is 6.11. The number of ether oxygens (including phenoxy) is 1. The number of aliphatic hydroxyl groups is 1. The first-order valence-corrected chi connectivity index (χ1v) is 9.24. The summed E-state index contributed by atoms with van der Waals surface area (Å²) in [5.41, 5.74) is 3.12. The molecule has 3 nitrogen and oxygen atoms in total. The fraction of sp³-hybridized carbons (Fsp3) is 0.619. The standard InChI is InChI=1S/C21H30O3/c1-5-6-7-8-14-11-17(22)19-15-13-21(4,23)10-9-16(15)20(2,3)24-18(19)12-14/h11-12,22-23H,5-10,13H2,1-4H3/t21-/m0/s1. The van der Waals surface area contributed by atoms with E-state index < -0.39 is 5.60 Å². The molecule has 1 aliphatic carbocycles. The molecule has 1 aromatic rings. The lowest BCUT2D eigenvalue weighted by atomic mass is 9.72. The van der Waals surface area contributed by atoms with E-state index in [1.54, 1.807) is 0 Å². The van der Waals surface area contributed by atoms with Gasteiger partial charge in [-0.25, -0.2) is 0 Å². The molecule has 1 aliphatic heterocycles. The molecule has 0 saturated heterocycles. The van der Waals surface area contributed by atoms with Gasteiger partial charge in [0.1, 0.15) is 17.1 Å². The van der Waals surface area contributed by atoms with E-state index in [0.717, 1.165) is 48.1 Å². The van der Waals surface area contributed by atoms with E-state index in [0.29, 0.717) is 12.2 Å². The molecule has 132 valence electrons. The summed E-state index contributed by atoms with van der Waals surface area (Å²) in [6, 6.07) is 3.96. The normalized spacial score (nSPS) is 25.0. The number of rotatable bonds is 4. The molecular formula is C21H30O3. The minimum absolute atomic E-state index is 0.291. The summed E-state index contributed by atoms with van der Waals surface area (Å²) in [6.07, 6.45) is 6.60. The third-order valence-corrected chi connectivity index (χ3v) is 5.44. The van der Waals surface area contributed by atoms with Gasteiger partial charge >= 0.3 is 0 Å². The Bertz CT molecular complexity index is 668. The SMILES string of the molecule is CCCCCc1cc(O)c2c(c1)OC(C)(C)C1=C2C[C@@](C)(O)CC1. The number of hydrogen-bond donors (Lipinski definition) is 2. The van der Waals surface area contributed by atoms with Crippen LogP contribution in [0.2, 0.25) is 0 Å². The Labute approximate surface area is 145 Å². The van der Waals surface area contributed by atoms with E-state index in [1.165, 1.54) is 18.4 Å². The highest BCUT2D eigenvalue weighted by atomic mass is 16.5. The summed E-state index contributed by atoms with van der Waals surface area (Å²) >= 11 is 0. The van der Waals surface area contributed by atoms with Gasteiger partial charge in [-0.2, -0.15) is 0 Å². The van der Waals surface area contributed by atoms with Gasteiger partial charge < -0.3 is 14.9 Å². The van der Waals surface area contributed by atoms with Crippen molar-refractivity contribution >= 4 is 5.57 Å². The average molecular weight is 330 g/mol. The first kappa shape index (κ1) is 17.3. The minimum atomic E-state index is -0.713. The van der Waals surface area contributed by atoms with E-state index >= 15 is 0 Å². The van der Waals surface area contributed by atoms with Crippen molar-refractivity contribution in [2.75, 3.05) is 0 Å². The maximum absolute atomic E-state index is 10.7. The summed E-state index contributed by atoms with van der Waals surface area (Å²) in [4.78, 5) is 0.